The Labute approximate surface area is 267 Å². The van der Waals surface area contributed by atoms with Crippen LogP contribution in [0.3, 0.4) is 0 Å². The first-order valence-corrected chi connectivity index (χ1v) is 15.5. The van der Waals surface area contributed by atoms with Crippen LogP contribution in [0, 0.1) is 0 Å². The number of para-hydroxylation sites is 2. The molecule has 2 unspecified atom stereocenters. The largest absolute Gasteiger partial charge is 0.497 e. The molecule has 0 aliphatic rings. The summed E-state index contributed by atoms with van der Waals surface area (Å²) in [5.74, 6) is 0.839. The zero-order chi connectivity index (χ0) is 32.4. The number of carbonyl (C=O) groups excluding carboxylic acids is 2. The number of benzene rings is 4. The molecule has 0 aliphatic carbocycles. The molecular weight excluding hydrogens is 578 g/mol. The Kier molecular flexibility index (Phi) is 8.68. The average Bonchev–Trinajstić information content (AvgIpc) is 3.09. The molecule has 2 atom stereocenters. The minimum Gasteiger partial charge on any atom is -0.497 e. The number of carbonyl (C=O) groups is 2. The van der Waals surface area contributed by atoms with Crippen LogP contribution in [0.4, 0.5) is 0 Å². The lowest BCUT2D eigenvalue weighted by atomic mass is 9.95. The van der Waals surface area contributed by atoms with Gasteiger partial charge < -0.3 is 25.8 Å². The summed E-state index contributed by atoms with van der Waals surface area (Å²) < 4.78 is 10.7. The standard InChI is InChI=1S/C37H37N5O4/c1-5-29(41-36(43)27-11-7-9-23-17-21-13-15-25(45-3)19-31(21)39-34(23)27)33(38)30(6-2)42-37(44)28-12-8-10-24-18-22-14-16-26(46-4)20-32(22)40-35(24)28/h7-20,29-30,33H,5-6,38H2,1-4H3,(H,41,43)(H,42,44). The van der Waals surface area contributed by atoms with E-state index in [0.29, 0.717) is 46.5 Å². The molecule has 2 aromatic heterocycles. The molecule has 4 aromatic carbocycles. The highest BCUT2D eigenvalue weighted by molar-refractivity contribution is 6.09. The summed E-state index contributed by atoms with van der Waals surface area (Å²) in [6.45, 7) is 3.93. The molecule has 2 heterocycles. The number of nitrogens with zero attached hydrogens (tertiary/aromatic N) is 2. The predicted molar refractivity (Wildman–Crippen MR) is 183 cm³/mol. The third kappa shape index (κ3) is 5.89. The number of ether oxygens (including phenoxy) is 2. The number of pyridine rings is 2. The van der Waals surface area contributed by atoms with Gasteiger partial charge in [0.1, 0.15) is 11.5 Å². The SMILES string of the molecule is CCC(NC(=O)c1cccc2cc3ccc(OC)cc3nc12)C(N)C(CC)NC(=O)c1cccc2cc3ccc(OC)cc3nc12. The topological polar surface area (TPSA) is 128 Å². The minimum atomic E-state index is -0.552. The molecule has 9 heteroatoms. The summed E-state index contributed by atoms with van der Waals surface area (Å²) in [5.41, 5.74) is 10.4. The summed E-state index contributed by atoms with van der Waals surface area (Å²) in [6, 6.07) is 25.2. The van der Waals surface area contributed by atoms with E-state index in [0.717, 1.165) is 32.6 Å². The van der Waals surface area contributed by atoms with Crippen molar-refractivity contribution in [3.05, 3.63) is 96.1 Å². The van der Waals surface area contributed by atoms with Gasteiger partial charge in [0.15, 0.2) is 0 Å². The van der Waals surface area contributed by atoms with Crippen molar-refractivity contribution in [3.8, 4) is 11.5 Å². The third-order valence-corrected chi connectivity index (χ3v) is 8.63. The van der Waals surface area contributed by atoms with Crippen molar-refractivity contribution < 1.29 is 19.1 Å². The number of hydrogen-bond donors (Lipinski definition) is 3. The monoisotopic (exact) mass is 615 g/mol. The molecule has 4 N–H and O–H groups in total. The van der Waals surface area contributed by atoms with Crippen molar-refractivity contribution in [2.45, 2.75) is 44.8 Å². The maximum atomic E-state index is 13.7. The highest BCUT2D eigenvalue weighted by Crippen LogP contribution is 2.27. The Morgan fingerprint density at radius 1 is 0.652 bits per heavy atom. The highest BCUT2D eigenvalue weighted by Gasteiger charge is 2.28. The fraction of sp³-hybridized carbons (Fsp3) is 0.243. The smallest absolute Gasteiger partial charge is 0.253 e. The Balaban J connectivity index is 1.24. The molecule has 0 saturated carbocycles. The molecule has 9 nitrogen and oxygen atoms in total. The lowest BCUT2D eigenvalue weighted by Gasteiger charge is -2.31. The van der Waals surface area contributed by atoms with Gasteiger partial charge in [-0.3, -0.25) is 9.59 Å². The van der Waals surface area contributed by atoms with Gasteiger partial charge in [-0.2, -0.15) is 0 Å². The van der Waals surface area contributed by atoms with Crippen LogP contribution in [-0.4, -0.2) is 54.1 Å². The molecule has 234 valence electrons. The first-order valence-electron chi connectivity index (χ1n) is 15.5. The maximum absolute atomic E-state index is 13.7. The number of methoxy groups -OCH3 is 2. The molecule has 6 aromatic rings. The zero-order valence-electron chi connectivity index (χ0n) is 26.3. The molecule has 0 bridgehead atoms. The summed E-state index contributed by atoms with van der Waals surface area (Å²) in [5, 5.41) is 9.88. The second kappa shape index (κ2) is 13.0. The summed E-state index contributed by atoms with van der Waals surface area (Å²) in [7, 11) is 3.22. The highest BCUT2D eigenvalue weighted by atomic mass is 16.5. The summed E-state index contributed by atoms with van der Waals surface area (Å²) in [6.07, 6.45) is 1.14. The summed E-state index contributed by atoms with van der Waals surface area (Å²) in [4.78, 5) is 37.1. The fourth-order valence-corrected chi connectivity index (χ4v) is 6.00. The van der Waals surface area contributed by atoms with E-state index in [1.54, 1.807) is 26.4 Å². The van der Waals surface area contributed by atoms with Gasteiger partial charge in [0, 0.05) is 51.8 Å². The van der Waals surface area contributed by atoms with Gasteiger partial charge in [0.2, 0.25) is 0 Å². The number of nitrogens with two attached hydrogens (primary N) is 1. The Bertz CT molecular complexity index is 1950. The second-order valence-corrected chi connectivity index (χ2v) is 11.4. The van der Waals surface area contributed by atoms with Gasteiger partial charge in [-0.05, 0) is 61.4 Å². The number of fused-ring (bicyclic) bond motifs is 4. The van der Waals surface area contributed by atoms with Gasteiger partial charge in [-0.25, -0.2) is 9.97 Å². The van der Waals surface area contributed by atoms with E-state index in [9.17, 15) is 9.59 Å². The molecule has 2 amide bonds. The minimum absolute atomic E-state index is 0.274. The van der Waals surface area contributed by atoms with Gasteiger partial charge in [0.25, 0.3) is 11.8 Å². The van der Waals surface area contributed by atoms with E-state index < -0.39 is 18.1 Å². The Morgan fingerprint density at radius 3 is 1.48 bits per heavy atom. The molecule has 6 rings (SSSR count). The fourth-order valence-electron chi connectivity index (χ4n) is 6.00. The van der Waals surface area contributed by atoms with E-state index in [4.69, 9.17) is 25.2 Å². The van der Waals surface area contributed by atoms with Gasteiger partial charge >= 0.3 is 0 Å². The van der Waals surface area contributed by atoms with Crippen LogP contribution in [0.2, 0.25) is 0 Å². The number of aromatic nitrogens is 2. The third-order valence-electron chi connectivity index (χ3n) is 8.63. The molecule has 0 fully saturated rings. The number of amides is 2. The average molecular weight is 616 g/mol. The van der Waals surface area contributed by atoms with Crippen molar-refractivity contribution in [2.24, 2.45) is 5.73 Å². The Morgan fingerprint density at radius 2 is 1.09 bits per heavy atom. The number of hydrogen-bond acceptors (Lipinski definition) is 7. The van der Waals surface area contributed by atoms with Crippen molar-refractivity contribution in [1.82, 2.24) is 20.6 Å². The van der Waals surface area contributed by atoms with Gasteiger partial charge in [-0.1, -0.05) is 38.1 Å². The molecule has 0 radical (unpaired) electrons. The van der Waals surface area contributed by atoms with E-state index in [1.165, 1.54) is 0 Å². The van der Waals surface area contributed by atoms with Crippen LogP contribution in [0.15, 0.2) is 84.9 Å². The van der Waals surface area contributed by atoms with Crippen molar-refractivity contribution in [1.29, 1.82) is 0 Å². The molecule has 46 heavy (non-hydrogen) atoms. The zero-order valence-corrected chi connectivity index (χ0v) is 26.3. The first-order chi connectivity index (χ1) is 22.3. The molecular formula is C37H37N5O4. The van der Waals surface area contributed by atoms with Crippen molar-refractivity contribution >= 4 is 55.4 Å². The number of nitrogens with one attached hydrogen (secondary N) is 2. The van der Waals surface area contributed by atoms with Crippen LogP contribution in [0.1, 0.15) is 47.4 Å². The lowest BCUT2D eigenvalue weighted by Crippen LogP contribution is -2.58. The van der Waals surface area contributed by atoms with Gasteiger partial charge in [-0.15, -0.1) is 0 Å². The van der Waals surface area contributed by atoms with Crippen molar-refractivity contribution in [3.63, 3.8) is 0 Å². The predicted octanol–water partition coefficient (Wildman–Crippen LogP) is 6.15. The van der Waals surface area contributed by atoms with E-state index >= 15 is 0 Å². The van der Waals surface area contributed by atoms with E-state index in [-0.39, 0.29) is 11.8 Å². The van der Waals surface area contributed by atoms with Crippen LogP contribution in [-0.2, 0) is 0 Å². The summed E-state index contributed by atoms with van der Waals surface area (Å²) >= 11 is 0. The first kappa shape index (κ1) is 30.7. The number of rotatable bonds is 10. The maximum Gasteiger partial charge on any atom is 0.253 e. The van der Waals surface area contributed by atoms with Crippen LogP contribution < -0.4 is 25.8 Å². The normalized spacial score (nSPS) is 13.4. The molecule has 0 saturated heterocycles. The van der Waals surface area contributed by atoms with E-state index in [1.807, 2.05) is 86.6 Å². The molecule has 0 spiro atoms. The Hall–Kier alpha value is -5.28. The van der Waals surface area contributed by atoms with Crippen LogP contribution >= 0.6 is 0 Å². The second-order valence-electron chi connectivity index (χ2n) is 11.4. The lowest BCUT2D eigenvalue weighted by molar-refractivity contribution is 0.0909. The van der Waals surface area contributed by atoms with Crippen LogP contribution in [0.5, 0.6) is 11.5 Å². The van der Waals surface area contributed by atoms with Crippen molar-refractivity contribution in [2.75, 3.05) is 14.2 Å². The quantitative estimate of drug-likeness (QED) is 0.158. The van der Waals surface area contributed by atoms with Gasteiger partial charge in [0.05, 0.1) is 47.4 Å². The van der Waals surface area contributed by atoms with Crippen LogP contribution in [0.25, 0.3) is 43.6 Å². The molecule has 0 aliphatic heterocycles. The van der Waals surface area contributed by atoms with E-state index in [2.05, 4.69) is 10.6 Å².